The van der Waals surface area contributed by atoms with Crippen LogP contribution in [-0.4, -0.2) is 24.1 Å². The van der Waals surface area contributed by atoms with Gasteiger partial charge >= 0.3 is 0 Å². The fourth-order valence-electron chi connectivity index (χ4n) is 1.50. The first-order valence-electron chi connectivity index (χ1n) is 5.28. The van der Waals surface area contributed by atoms with Gasteiger partial charge in [-0.3, -0.25) is 0 Å². The van der Waals surface area contributed by atoms with Crippen molar-refractivity contribution in [1.82, 2.24) is 9.97 Å². The van der Waals surface area contributed by atoms with Crippen molar-refractivity contribution >= 4 is 40.4 Å². The van der Waals surface area contributed by atoms with Gasteiger partial charge in [-0.15, -0.1) is 0 Å². The molecular weight excluding hydrogens is 271 g/mol. The zero-order valence-electron chi connectivity index (χ0n) is 9.98. The quantitative estimate of drug-likeness (QED) is 0.874. The van der Waals surface area contributed by atoms with Crippen LogP contribution in [0.4, 0.5) is 17.2 Å². The highest BCUT2D eigenvalue weighted by molar-refractivity contribution is 6.34. The molecule has 18 heavy (non-hydrogen) atoms. The maximum Gasteiger partial charge on any atom is 0.151 e. The number of halogens is 2. The van der Waals surface area contributed by atoms with E-state index in [2.05, 4.69) is 15.3 Å². The molecule has 0 aromatic carbocycles. The van der Waals surface area contributed by atoms with Gasteiger partial charge in [0.05, 0.1) is 16.4 Å². The molecule has 0 aliphatic rings. The van der Waals surface area contributed by atoms with Gasteiger partial charge in [-0.1, -0.05) is 23.2 Å². The van der Waals surface area contributed by atoms with E-state index in [1.54, 1.807) is 12.3 Å². The second-order valence-corrected chi connectivity index (χ2v) is 4.68. The molecule has 0 aliphatic carbocycles. The Morgan fingerprint density at radius 3 is 2.67 bits per heavy atom. The minimum Gasteiger partial charge on any atom is -0.361 e. The molecule has 0 aliphatic heterocycles. The van der Waals surface area contributed by atoms with Crippen LogP contribution in [0.5, 0.6) is 0 Å². The molecule has 4 nitrogen and oxygen atoms in total. The third-order valence-electron chi connectivity index (χ3n) is 2.30. The zero-order valence-corrected chi connectivity index (χ0v) is 11.5. The predicted octanol–water partition coefficient (Wildman–Crippen LogP) is 3.59. The van der Waals surface area contributed by atoms with E-state index in [9.17, 15) is 0 Å². The Morgan fingerprint density at radius 1 is 1.17 bits per heavy atom. The topological polar surface area (TPSA) is 41.1 Å². The Kier molecular flexibility index (Phi) is 3.89. The smallest absolute Gasteiger partial charge is 0.151 e. The molecule has 94 valence electrons. The Hall–Kier alpha value is -1.52. The largest absolute Gasteiger partial charge is 0.361 e. The van der Waals surface area contributed by atoms with E-state index in [-0.39, 0.29) is 0 Å². The predicted molar refractivity (Wildman–Crippen MR) is 76.1 cm³/mol. The first-order chi connectivity index (χ1) is 8.58. The van der Waals surface area contributed by atoms with Gasteiger partial charge in [0.1, 0.15) is 5.15 Å². The van der Waals surface area contributed by atoms with Crippen LogP contribution in [0.3, 0.4) is 0 Å². The van der Waals surface area contributed by atoms with Crippen molar-refractivity contribution in [3.05, 3.63) is 40.8 Å². The molecule has 0 atom stereocenters. The summed E-state index contributed by atoms with van der Waals surface area (Å²) >= 11 is 11.9. The van der Waals surface area contributed by atoms with Crippen molar-refractivity contribution in [2.24, 2.45) is 0 Å². The van der Waals surface area contributed by atoms with Crippen LogP contribution in [0, 0.1) is 0 Å². The van der Waals surface area contributed by atoms with Crippen LogP contribution < -0.4 is 10.2 Å². The summed E-state index contributed by atoms with van der Waals surface area (Å²) in [6, 6.07) is 5.45. The van der Waals surface area contributed by atoms with Gasteiger partial charge in [-0.05, 0) is 12.1 Å². The number of nitrogens with one attached hydrogen (secondary N) is 1. The van der Waals surface area contributed by atoms with Crippen LogP contribution in [0.15, 0.2) is 30.6 Å². The highest BCUT2D eigenvalue weighted by Crippen LogP contribution is 2.30. The summed E-state index contributed by atoms with van der Waals surface area (Å²) in [7, 11) is 3.85. The van der Waals surface area contributed by atoms with E-state index in [1.165, 1.54) is 6.20 Å². The summed E-state index contributed by atoms with van der Waals surface area (Å²) in [6.45, 7) is 0. The third-order valence-corrected chi connectivity index (χ3v) is 2.81. The Balaban J connectivity index is 2.37. The Morgan fingerprint density at radius 2 is 1.94 bits per heavy atom. The van der Waals surface area contributed by atoms with Gasteiger partial charge in [0.25, 0.3) is 0 Å². The molecular formula is C12H12Cl2N4. The van der Waals surface area contributed by atoms with Crippen molar-refractivity contribution in [3.63, 3.8) is 0 Å². The molecule has 0 bridgehead atoms. The number of hydrogen-bond donors (Lipinski definition) is 1. The SMILES string of the molecule is CN(C)c1ncccc1Nc1cc(Cl)ncc1Cl. The molecule has 2 rings (SSSR count). The number of pyridine rings is 2. The monoisotopic (exact) mass is 282 g/mol. The third kappa shape index (κ3) is 2.83. The van der Waals surface area contributed by atoms with Crippen molar-refractivity contribution < 1.29 is 0 Å². The first-order valence-corrected chi connectivity index (χ1v) is 6.04. The lowest BCUT2D eigenvalue weighted by atomic mass is 10.3. The van der Waals surface area contributed by atoms with Crippen LogP contribution in [0.2, 0.25) is 10.2 Å². The van der Waals surface area contributed by atoms with Gasteiger partial charge in [0, 0.05) is 32.6 Å². The average Bonchev–Trinajstić information content (AvgIpc) is 2.34. The molecule has 0 unspecified atom stereocenters. The standard InChI is InChI=1S/C12H12Cl2N4/c1-18(2)12-9(4-3-5-15-12)17-10-6-11(14)16-7-8(10)13/h3-7H,1-2H3,(H,16,17). The molecule has 0 radical (unpaired) electrons. The van der Waals surface area contributed by atoms with Gasteiger partial charge in [-0.25, -0.2) is 9.97 Å². The summed E-state index contributed by atoms with van der Waals surface area (Å²) in [6.07, 6.45) is 3.25. The number of rotatable bonds is 3. The van der Waals surface area contributed by atoms with Gasteiger partial charge in [0.15, 0.2) is 5.82 Å². The van der Waals surface area contributed by atoms with Gasteiger partial charge < -0.3 is 10.2 Å². The molecule has 1 N–H and O–H groups in total. The highest BCUT2D eigenvalue weighted by Gasteiger charge is 2.08. The van der Waals surface area contributed by atoms with E-state index < -0.39 is 0 Å². The second-order valence-electron chi connectivity index (χ2n) is 3.88. The van der Waals surface area contributed by atoms with E-state index in [1.807, 2.05) is 31.1 Å². The fraction of sp³-hybridized carbons (Fsp3) is 0.167. The van der Waals surface area contributed by atoms with Crippen LogP contribution in [0.1, 0.15) is 0 Å². The van der Waals surface area contributed by atoms with Crippen LogP contribution >= 0.6 is 23.2 Å². The van der Waals surface area contributed by atoms with Gasteiger partial charge in [0.2, 0.25) is 0 Å². The normalized spacial score (nSPS) is 10.2. The van der Waals surface area contributed by atoms with Crippen LogP contribution in [0.25, 0.3) is 0 Å². The molecule has 6 heteroatoms. The molecule has 0 saturated carbocycles. The van der Waals surface area contributed by atoms with Crippen LogP contribution in [-0.2, 0) is 0 Å². The van der Waals surface area contributed by atoms with Crippen molar-refractivity contribution in [3.8, 4) is 0 Å². The van der Waals surface area contributed by atoms with E-state index in [4.69, 9.17) is 23.2 Å². The van der Waals surface area contributed by atoms with E-state index >= 15 is 0 Å². The minimum absolute atomic E-state index is 0.386. The first kappa shape index (κ1) is 12.9. The summed E-state index contributed by atoms with van der Waals surface area (Å²) in [5, 5.41) is 4.10. The lowest BCUT2D eigenvalue weighted by Crippen LogP contribution is -2.12. The van der Waals surface area contributed by atoms with Crippen molar-refractivity contribution in [2.45, 2.75) is 0 Å². The average molecular weight is 283 g/mol. The molecule has 0 spiro atoms. The second kappa shape index (κ2) is 5.42. The van der Waals surface area contributed by atoms with Crippen molar-refractivity contribution in [1.29, 1.82) is 0 Å². The summed E-state index contributed by atoms with van der Waals surface area (Å²) in [4.78, 5) is 10.1. The summed E-state index contributed by atoms with van der Waals surface area (Å²) < 4.78 is 0. The molecule has 2 aromatic rings. The fourth-order valence-corrected chi connectivity index (χ4v) is 1.81. The Bertz CT molecular complexity index is 558. The molecule has 0 amide bonds. The number of aromatic nitrogens is 2. The molecule has 0 fully saturated rings. The lowest BCUT2D eigenvalue weighted by Gasteiger charge is -2.17. The maximum absolute atomic E-state index is 6.06. The van der Waals surface area contributed by atoms with E-state index in [0.717, 1.165) is 11.5 Å². The molecule has 2 aromatic heterocycles. The van der Waals surface area contributed by atoms with Gasteiger partial charge in [-0.2, -0.15) is 0 Å². The Labute approximate surface area is 116 Å². The zero-order chi connectivity index (χ0) is 13.1. The minimum atomic E-state index is 0.386. The number of nitrogens with zero attached hydrogens (tertiary/aromatic N) is 3. The summed E-state index contributed by atoms with van der Waals surface area (Å²) in [5.74, 6) is 0.821. The summed E-state index contributed by atoms with van der Waals surface area (Å²) in [5.41, 5.74) is 1.56. The highest BCUT2D eigenvalue weighted by atomic mass is 35.5. The molecule has 2 heterocycles. The number of anilines is 3. The van der Waals surface area contributed by atoms with E-state index in [0.29, 0.717) is 15.9 Å². The lowest BCUT2D eigenvalue weighted by molar-refractivity contribution is 1.07. The molecule has 0 saturated heterocycles. The maximum atomic E-state index is 6.06. The number of hydrogen-bond acceptors (Lipinski definition) is 4. The van der Waals surface area contributed by atoms with Crippen molar-refractivity contribution in [2.75, 3.05) is 24.3 Å².